The minimum absolute atomic E-state index is 0.153. The number of hydrogen-bond donors (Lipinski definition) is 1. The van der Waals surface area contributed by atoms with Crippen molar-refractivity contribution < 1.29 is 8.42 Å². The van der Waals surface area contributed by atoms with Gasteiger partial charge in [-0.05, 0) is 24.1 Å². The van der Waals surface area contributed by atoms with Crippen LogP contribution in [0.5, 0.6) is 0 Å². The summed E-state index contributed by atoms with van der Waals surface area (Å²) in [6.45, 7) is 1.91. The number of sulfonamides is 1. The molecule has 0 aliphatic rings. The Bertz CT molecular complexity index is 697. The topological polar surface area (TPSA) is 64.0 Å². The van der Waals surface area contributed by atoms with Gasteiger partial charge in [0.15, 0.2) is 0 Å². The highest BCUT2D eigenvalue weighted by Gasteiger charge is 2.21. The fourth-order valence-electron chi connectivity index (χ4n) is 1.90. The molecule has 0 aliphatic heterocycles. The first kappa shape index (κ1) is 15.0. The largest absolute Gasteiger partial charge is 0.274 e. The number of aryl methyl sites for hydroxylation is 1. The molecule has 0 saturated carbocycles. The quantitative estimate of drug-likeness (QED) is 0.922. The summed E-state index contributed by atoms with van der Waals surface area (Å²) in [4.78, 5) is 0.153. The number of rotatable bonds is 5. The summed E-state index contributed by atoms with van der Waals surface area (Å²) in [6, 6.07) is 6.86. The molecule has 5 nitrogen and oxygen atoms in total. The van der Waals surface area contributed by atoms with Crippen LogP contribution >= 0.6 is 11.6 Å². The van der Waals surface area contributed by atoms with E-state index < -0.39 is 10.0 Å². The first-order chi connectivity index (χ1) is 9.42. The fraction of sp³-hybridized carbons (Fsp3) is 0.308. The van der Waals surface area contributed by atoms with Crippen molar-refractivity contribution in [3.05, 3.63) is 47.2 Å². The van der Waals surface area contributed by atoms with E-state index in [0.717, 1.165) is 5.56 Å². The van der Waals surface area contributed by atoms with E-state index in [1.165, 1.54) is 17.1 Å². The van der Waals surface area contributed by atoms with Gasteiger partial charge in [0, 0.05) is 24.3 Å². The molecule has 1 aromatic carbocycles. The van der Waals surface area contributed by atoms with Gasteiger partial charge in [0.2, 0.25) is 10.0 Å². The molecule has 0 saturated heterocycles. The normalized spacial score (nSPS) is 13.3. The molecule has 0 radical (unpaired) electrons. The lowest BCUT2D eigenvalue weighted by molar-refractivity contribution is 0.550. The van der Waals surface area contributed by atoms with Crippen LogP contribution in [-0.2, 0) is 17.1 Å². The second-order valence-corrected chi connectivity index (χ2v) is 6.64. The maximum atomic E-state index is 12.3. The fourth-order valence-corrected chi connectivity index (χ4v) is 3.39. The first-order valence-corrected chi connectivity index (χ1v) is 8.05. The Kier molecular flexibility index (Phi) is 4.47. The standard InChI is InChI=1S/C13H16ClN3O2S/c1-3-13(10-5-4-6-11(14)7-10)16-20(18,19)12-8-15-17(2)9-12/h4-9,13,16H,3H2,1-2H3/t13-/m1/s1. The molecule has 1 atom stereocenters. The Morgan fingerprint density at radius 2 is 2.20 bits per heavy atom. The van der Waals surface area contributed by atoms with E-state index in [1.807, 2.05) is 13.0 Å². The molecule has 0 bridgehead atoms. The Hall–Kier alpha value is -1.37. The minimum atomic E-state index is -3.59. The molecule has 108 valence electrons. The highest BCUT2D eigenvalue weighted by molar-refractivity contribution is 7.89. The van der Waals surface area contributed by atoms with Crippen molar-refractivity contribution >= 4 is 21.6 Å². The summed E-state index contributed by atoms with van der Waals surface area (Å²) in [5.74, 6) is 0. The van der Waals surface area contributed by atoms with Gasteiger partial charge in [0.1, 0.15) is 4.90 Å². The van der Waals surface area contributed by atoms with Crippen molar-refractivity contribution in [2.24, 2.45) is 7.05 Å². The van der Waals surface area contributed by atoms with Crippen LogP contribution in [0.4, 0.5) is 0 Å². The number of nitrogens with one attached hydrogen (secondary N) is 1. The summed E-state index contributed by atoms with van der Waals surface area (Å²) in [5.41, 5.74) is 0.840. The van der Waals surface area contributed by atoms with E-state index in [4.69, 9.17) is 11.6 Å². The van der Waals surface area contributed by atoms with Crippen LogP contribution in [0.1, 0.15) is 24.9 Å². The van der Waals surface area contributed by atoms with Crippen LogP contribution in [0.25, 0.3) is 0 Å². The van der Waals surface area contributed by atoms with E-state index in [9.17, 15) is 8.42 Å². The van der Waals surface area contributed by atoms with Gasteiger partial charge >= 0.3 is 0 Å². The summed E-state index contributed by atoms with van der Waals surface area (Å²) < 4.78 is 28.7. The molecule has 7 heteroatoms. The zero-order valence-electron chi connectivity index (χ0n) is 11.2. The van der Waals surface area contributed by atoms with Gasteiger partial charge in [-0.3, -0.25) is 4.68 Å². The zero-order chi connectivity index (χ0) is 14.8. The van der Waals surface area contributed by atoms with Gasteiger partial charge in [-0.2, -0.15) is 5.10 Å². The second kappa shape index (κ2) is 5.95. The van der Waals surface area contributed by atoms with Crippen LogP contribution in [-0.4, -0.2) is 18.2 Å². The average molecular weight is 314 g/mol. The molecule has 0 amide bonds. The van der Waals surface area contributed by atoms with Crippen LogP contribution in [0.2, 0.25) is 5.02 Å². The molecular formula is C13H16ClN3O2S. The number of hydrogen-bond acceptors (Lipinski definition) is 3. The van der Waals surface area contributed by atoms with Gasteiger partial charge in [0.05, 0.1) is 6.20 Å². The van der Waals surface area contributed by atoms with Gasteiger partial charge in [-0.25, -0.2) is 13.1 Å². The molecule has 2 aromatic rings. The molecule has 0 fully saturated rings. The highest BCUT2D eigenvalue weighted by Crippen LogP contribution is 2.22. The Morgan fingerprint density at radius 1 is 1.45 bits per heavy atom. The van der Waals surface area contributed by atoms with Gasteiger partial charge in [-0.1, -0.05) is 30.7 Å². The third kappa shape index (κ3) is 3.39. The molecule has 2 rings (SSSR count). The summed E-state index contributed by atoms with van der Waals surface area (Å²) in [7, 11) is -1.91. The van der Waals surface area contributed by atoms with Crippen LogP contribution in [0.3, 0.4) is 0 Å². The van der Waals surface area contributed by atoms with Gasteiger partial charge in [-0.15, -0.1) is 0 Å². The maximum absolute atomic E-state index is 12.3. The van der Waals surface area contributed by atoms with Crippen molar-refractivity contribution in [1.82, 2.24) is 14.5 Å². The SMILES string of the molecule is CC[C@@H](NS(=O)(=O)c1cnn(C)c1)c1cccc(Cl)c1. The number of nitrogens with zero attached hydrogens (tertiary/aromatic N) is 2. The zero-order valence-corrected chi connectivity index (χ0v) is 12.8. The molecule has 1 N–H and O–H groups in total. The number of aromatic nitrogens is 2. The van der Waals surface area contributed by atoms with Gasteiger partial charge in [0.25, 0.3) is 0 Å². The Morgan fingerprint density at radius 3 is 2.75 bits per heavy atom. The lowest BCUT2D eigenvalue weighted by Crippen LogP contribution is -2.28. The summed E-state index contributed by atoms with van der Waals surface area (Å²) >= 11 is 5.95. The van der Waals surface area contributed by atoms with Crippen LogP contribution < -0.4 is 4.72 Å². The summed E-state index contributed by atoms with van der Waals surface area (Å²) in [5, 5.41) is 4.46. The lowest BCUT2D eigenvalue weighted by atomic mass is 10.1. The van der Waals surface area contributed by atoms with Crippen molar-refractivity contribution in [3.8, 4) is 0 Å². The third-order valence-electron chi connectivity index (χ3n) is 2.95. The lowest BCUT2D eigenvalue weighted by Gasteiger charge is -2.17. The number of halogens is 1. The Labute approximate surface area is 123 Å². The van der Waals surface area contributed by atoms with E-state index in [2.05, 4.69) is 9.82 Å². The molecule has 20 heavy (non-hydrogen) atoms. The highest BCUT2D eigenvalue weighted by atomic mass is 35.5. The third-order valence-corrected chi connectivity index (χ3v) is 4.61. The van der Waals surface area contributed by atoms with Crippen molar-refractivity contribution in [1.29, 1.82) is 0 Å². The summed E-state index contributed by atoms with van der Waals surface area (Å²) in [6.07, 6.45) is 3.42. The van der Waals surface area contributed by atoms with Crippen molar-refractivity contribution in [3.63, 3.8) is 0 Å². The molecule has 0 spiro atoms. The maximum Gasteiger partial charge on any atom is 0.244 e. The molecule has 1 aromatic heterocycles. The predicted molar refractivity (Wildman–Crippen MR) is 78.0 cm³/mol. The van der Waals surface area contributed by atoms with Crippen LogP contribution in [0, 0.1) is 0 Å². The van der Waals surface area contributed by atoms with Gasteiger partial charge < -0.3 is 0 Å². The Balaban J connectivity index is 2.26. The smallest absolute Gasteiger partial charge is 0.244 e. The second-order valence-electron chi connectivity index (χ2n) is 4.49. The minimum Gasteiger partial charge on any atom is -0.274 e. The van der Waals surface area contributed by atoms with E-state index in [0.29, 0.717) is 11.4 Å². The first-order valence-electron chi connectivity index (χ1n) is 6.19. The predicted octanol–water partition coefficient (Wildman–Crippen LogP) is 2.50. The van der Waals surface area contributed by atoms with E-state index in [-0.39, 0.29) is 10.9 Å². The molecule has 0 unspecified atom stereocenters. The molecule has 0 aliphatic carbocycles. The molecular weight excluding hydrogens is 298 g/mol. The molecule has 1 heterocycles. The number of benzene rings is 1. The van der Waals surface area contributed by atoms with Crippen molar-refractivity contribution in [2.45, 2.75) is 24.3 Å². The van der Waals surface area contributed by atoms with E-state index in [1.54, 1.807) is 25.2 Å². The van der Waals surface area contributed by atoms with Crippen LogP contribution in [0.15, 0.2) is 41.6 Å². The van der Waals surface area contributed by atoms with E-state index >= 15 is 0 Å². The average Bonchev–Trinajstić information content (AvgIpc) is 2.83. The van der Waals surface area contributed by atoms with Crippen molar-refractivity contribution in [2.75, 3.05) is 0 Å². The monoisotopic (exact) mass is 313 g/mol.